The van der Waals surface area contributed by atoms with Gasteiger partial charge in [-0.25, -0.2) is 4.79 Å². The van der Waals surface area contributed by atoms with Crippen LogP contribution in [0.5, 0.6) is 0 Å². The zero-order chi connectivity index (χ0) is 20.2. The molecule has 2 saturated heterocycles. The zero-order valence-corrected chi connectivity index (χ0v) is 18.5. The van der Waals surface area contributed by atoms with Gasteiger partial charge in [-0.05, 0) is 43.7 Å². The number of nitrogens with zero attached hydrogens (tertiary/aromatic N) is 2. The molecule has 7 heteroatoms. The number of urea groups is 1. The number of likely N-dealkylation sites (tertiary alicyclic amines) is 2. The molecule has 3 fully saturated rings. The van der Waals surface area contributed by atoms with Gasteiger partial charge in [0.15, 0.2) is 0 Å². The fraction of sp³-hybridized carbons (Fsp3) is 0.652. The van der Waals surface area contributed by atoms with E-state index in [1.165, 1.54) is 18.4 Å². The summed E-state index contributed by atoms with van der Waals surface area (Å²) in [7, 11) is 0. The lowest BCUT2D eigenvalue weighted by Crippen LogP contribution is -2.51. The molecule has 1 aromatic rings. The summed E-state index contributed by atoms with van der Waals surface area (Å²) >= 11 is 0. The van der Waals surface area contributed by atoms with E-state index in [0.29, 0.717) is 31.0 Å². The number of carbonyl (C=O) groups is 2. The molecule has 2 heterocycles. The van der Waals surface area contributed by atoms with Crippen LogP contribution in [0.1, 0.15) is 50.0 Å². The van der Waals surface area contributed by atoms with Gasteiger partial charge in [0.2, 0.25) is 5.91 Å². The Morgan fingerprint density at radius 1 is 0.967 bits per heavy atom. The summed E-state index contributed by atoms with van der Waals surface area (Å²) in [5.74, 6) is 0.702. The molecule has 0 spiro atoms. The molecule has 2 aliphatic heterocycles. The molecule has 1 saturated carbocycles. The first-order valence-electron chi connectivity index (χ1n) is 11.2. The van der Waals surface area contributed by atoms with Crippen molar-refractivity contribution in [2.24, 2.45) is 17.6 Å². The minimum absolute atomic E-state index is 0. The van der Waals surface area contributed by atoms with E-state index in [1.54, 1.807) is 0 Å². The Bertz CT molecular complexity index is 710. The third-order valence-electron chi connectivity index (χ3n) is 7.02. The van der Waals surface area contributed by atoms with Crippen LogP contribution in [-0.2, 0) is 4.79 Å². The average Bonchev–Trinajstić information content (AvgIpc) is 3.43. The fourth-order valence-corrected chi connectivity index (χ4v) is 5.33. The van der Waals surface area contributed by atoms with E-state index >= 15 is 0 Å². The second kappa shape index (κ2) is 10.5. The van der Waals surface area contributed by atoms with Crippen LogP contribution in [0.4, 0.5) is 4.79 Å². The van der Waals surface area contributed by atoms with Crippen LogP contribution < -0.4 is 11.1 Å². The molecule has 6 nitrogen and oxygen atoms in total. The highest BCUT2D eigenvalue weighted by Gasteiger charge is 2.39. The van der Waals surface area contributed by atoms with Gasteiger partial charge in [0.05, 0.1) is 5.92 Å². The van der Waals surface area contributed by atoms with Gasteiger partial charge >= 0.3 is 6.03 Å². The maximum Gasteiger partial charge on any atom is 0.317 e. The zero-order valence-electron chi connectivity index (χ0n) is 17.7. The van der Waals surface area contributed by atoms with E-state index in [4.69, 9.17) is 5.73 Å². The number of nitrogens with one attached hydrogen (secondary N) is 1. The number of carbonyl (C=O) groups excluding carboxylic acids is 2. The molecule has 4 rings (SSSR count). The molecule has 30 heavy (non-hydrogen) atoms. The quantitative estimate of drug-likeness (QED) is 0.764. The van der Waals surface area contributed by atoms with Crippen LogP contribution in [0.3, 0.4) is 0 Å². The van der Waals surface area contributed by atoms with Crippen molar-refractivity contribution in [3.63, 3.8) is 0 Å². The van der Waals surface area contributed by atoms with Crippen LogP contribution in [0.15, 0.2) is 30.3 Å². The van der Waals surface area contributed by atoms with Crippen LogP contribution >= 0.6 is 12.4 Å². The van der Waals surface area contributed by atoms with E-state index < -0.39 is 0 Å². The summed E-state index contributed by atoms with van der Waals surface area (Å²) in [6, 6.07) is 10.7. The lowest BCUT2D eigenvalue weighted by molar-refractivity contribution is -0.136. The molecule has 166 valence electrons. The Kier molecular flexibility index (Phi) is 8.00. The third-order valence-corrected chi connectivity index (χ3v) is 7.02. The number of nitrogens with two attached hydrogens (primary N) is 1. The minimum Gasteiger partial charge on any atom is -0.341 e. The smallest absolute Gasteiger partial charge is 0.317 e. The number of benzene rings is 1. The predicted octanol–water partition coefficient (Wildman–Crippen LogP) is 2.97. The van der Waals surface area contributed by atoms with Crippen molar-refractivity contribution >= 4 is 24.3 Å². The molecule has 1 aliphatic carbocycles. The monoisotopic (exact) mass is 434 g/mol. The average molecular weight is 435 g/mol. The van der Waals surface area contributed by atoms with Crippen LogP contribution in [0, 0.1) is 11.8 Å². The Balaban J connectivity index is 0.00000256. The highest BCUT2D eigenvalue weighted by atomic mass is 35.5. The summed E-state index contributed by atoms with van der Waals surface area (Å²) in [6.07, 6.45) is 6.32. The molecule has 3 N–H and O–H groups in total. The lowest BCUT2D eigenvalue weighted by Gasteiger charge is -2.34. The molecule has 1 unspecified atom stereocenters. The van der Waals surface area contributed by atoms with Crippen LogP contribution in [0.2, 0.25) is 0 Å². The Hall–Kier alpha value is -1.79. The maximum atomic E-state index is 13.3. The van der Waals surface area contributed by atoms with Gasteiger partial charge in [-0.1, -0.05) is 43.2 Å². The van der Waals surface area contributed by atoms with E-state index in [2.05, 4.69) is 29.6 Å². The van der Waals surface area contributed by atoms with E-state index in [-0.39, 0.29) is 30.3 Å². The largest absolute Gasteiger partial charge is 0.341 e. The topological polar surface area (TPSA) is 78.7 Å². The summed E-state index contributed by atoms with van der Waals surface area (Å²) in [5, 5.41) is 3.17. The minimum atomic E-state index is -0.0916. The molecule has 3 amide bonds. The highest BCUT2D eigenvalue weighted by molar-refractivity contribution is 5.85. The van der Waals surface area contributed by atoms with Gasteiger partial charge in [0.1, 0.15) is 0 Å². The standard InChI is InChI=1S/C23H34N4O2.ClH/c24-13-19-15-27(16-21(19)17-7-2-1-3-8-17)22(28)18-9-6-12-26(14-18)23(29)25-20-10-4-5-11-20;/h1-3,7-8,18-21H,4-6,9-16,24H2,(H,25,29);1H/t18?,19-,21+;/m1./s1. The predicted molar refractivity (Wildman–Crippen MR) is 121 cm³/mol. The summed E-state index contributed by atoms with van der Waals surface area (Å²) < 4.78 is 0. The first-order valence-corrected chi connectivity index (χ1v) is 11.2. The van der Waals surface area contributed by atoms with Gasteiger partial charge < -0.3 is 20.9 Å². The summed E-state index contributed by atoms with van der Waals surface area (Å²) in [5.41, 5.74) is 7.31. The number of rotatable bonds is 4. The SMILES string of the molecule is Cl.NC[C@@H]1CN(C(=O)C2CCCN(C(=O)NC3CCCC3)C2)C[C@H]1c1ccccc1. The van der Waals surface area contributed by atoms with Crippen LogP contribution in [-0.4, -0.2) is 60.5 Å². The normalized spacial score (nSPS) is 27.0. The van der Waals surface area contributed by atoms with E-state index in [1.807, 2.05) is 15.9 Å². The number of piperidine rings is 1. The Morgan fingerprint density at radius 3 is 2.40 bits per heavy atom. The van der Waals surface area contributed by atoms with Crippen molar-refractivity contribution in [2.45, 2.75) is 50.5 Å². The highest BCUT2D eigenvalue weighted by Crippen LogP contribution is 2.33. The van der Waals surface area contributed by atoms with Crippen molar-refractivity contribution in [1.82, 2.24) is 15.1 Å². The number of amides is 3. The molecule has 1 aromatic carbocycles. The molecule has 0 aromatic heterocycles. The first-order chi connectivity index (χ1) is 14.2. The summed E-state index contributed by atoms with van der Waals surface area (Å²) in [6.45, 7) is 3.33. The second-order valence-electron chi connectivity index (χ2n) is 8.97. The Morgan fingerprint density at radius 2 is 1.70 bits per heavy atom. The third kappa shape index (κ3) is 5.09. The van der Waals surface area contributed by atoms with Crippen molar-refractivity contribution in [3.8, 4) is 0 Å². The number of hydrogen-bond donors (Lipinski definition) is 2. The fourth-order valence-electron chi connectivity index (χ4n) is 5.33. The van der Waals surface area contributed by atoms with Gasteiger partial charge in [0, 0.05) is 38.1 Å². The Labute approximate surface area is 186 Å². The van der Waals surface area contributed by atoms with Crippen molar-refractivity contribution in [1.29, 1.82) is 0 Å². The maximum absolute atomic E-state index is 13.3. The van der Waals surface area contributed by atoms with Gasteiger partial charge in [-0.15, -0.1) is 12.4 Å². The molecule has 0 radical (unpaired) electrons. The molecular weight excluding hydrogens is 400 g/mol. The number of hydrogen-bond acceptors (Lipinski definition) is 3. The molecule has 0 bridgehead atoms. The first kappa shape index (κ1) is 22.9. The van der Waals surface area contributed by atoms with Gasteiger partial charge in [-0.3, -0.25) is 4.79 Å². The summed E-state index contributed by atoms with van der Waals surface area (Å²) in [4.78, 5) is 29.8. The van der Waals surface area contributed by atoms with Crippen LogP contribution in [0.25, 0.3) is 0 Å². The molecule has 3 aliphatic rings. The van der Waals surface area contributed by atoms with Crippen molar-refractivity contribution < 1.29 is 9.59 Å². The van der Waals surface area contributed by atoms with Gasteiger partial charge in [0.25, 0.3) is 0 Å². The number of halogens is 1. The molecule has 3 atom stereocenters. The van der Waals surface area contributed by atoms with E-state index in [9.17, 15) is 9.59 Å². The molecular formula is C23H35ClN4O2. The lowest BCUT2D eigenvalue weighted by atomic mass is 9.89. The second-order valence-corrected chi connectivity index (χ2v) is 8.97. The van der Waals surface area contributed by atoms with Crippen molar-refractivity contribution in [2.75, 3.05) is 32.7 Å². The van der Waals surface area contributed by atoms with Gasteiger partial charge in [-0.2, -0.15) is 0 Å². The van der Waals surface area contributed by atoms with E-state index in [0.717, 1.165) is 45.3 Å². The van der Waals surface area contributed by atoms with Crippen molar-refractivity contribution in [3.05, 3.63) is 35.9 Å².